The molecule has 0 aliphatic carbocycles. The Bertz CT molecular complexity index is 149. The van der Waals surface area contributed by atoms with E-state index in [1.807, 2.05) is 20.8 Å². The molecule has 15 heavy (non-hydrogen) atoms. The van der Waals surface area contributed by atoms with Crippen LogP contribution in [-0.2, 0) is 4.74 Å². The second-order valence-electron chi connectivity index (χ2n) is 4.38. The topological polar surface area (TPSA) is 61.7 Å². The molecule has 0 aliphatic heterocycles. The van der Waals surface area contributed by atoms with E-state index in [2.05, 4.69) is 5.32 Å². The minimum absolute atomic E-state index is 0.0789. The molecule has 0 aromatic heterocycles. The van der Waals surface area contributed by atoms with Crippen LogP contribution < -0.4 is 5.32 Å². The van der Waals surface area contributed by atoms with Gasteiger partial charge in [-0.1, -0.05) is 13.8 Å². The van der Waals surface area contributed by atoms with E-state index in [0.717, 1.165) is 13.0 Å². The summed E-state index contributed by atoms with van der Waals surface area (Å²) in [7, 11) is 0. The van der Waals surface area contributed by atoms with Gasteiger partial charge in [0.15, 0.2) is 0 Å². The van der Waals surface area contributed by atoms with E-state index >= 15 is 0 Å². The maximum atomic E-state index is 9.91. The van der Waals surface area contributed by atoms with Crippen LogP contribution in [0.1, 0.15) is 27.2 Å². The molecule has 92 valence electrons. The van der Waals surface area contributed by atoms with Crippen molar-refractivity contribution in [3.8, 4) is 0 Å². The molecule has 0 saturated carbocycles. The molecule has 0 heterocycles. The number of rotatable bonds is 9. The second-order valence-corrected chi connectivity index (χ2v) is 4.38. The van der Waals surface area contributed by atoms with Gasteiger partial charge in [0.25, 0.3) is 0 Å². The van der Waals surface area contributed by atoms with E-state index in [9.17, 15) is 5.11 Å². The van der Waals surface area contributed by atoms with Crippen LogP contribution in [0.3, 0.4) is 0 Å². The third kappa shape index (κ3) is 7.73. The van der Waals surface area contributed by atoms with Crippen LogP contribution in [0.25, 0.3) is 0 Å². The zero-order chi connectivity index (χ0) is 11.7. The van der Waals surface area contributed by atoms with Crippen LogP contribution in [0.15, 0.2) is 0 Å². The SMILES string of the molecule is CC(C)C(C)(O)CNCCCOCCO. The molecule has 0 aromatic carbocycles. The van der Waals surface area contributed by atoms with E-state index in [1.54, 1.807) is 0 Å². The van der Waals surface area contributed by atoms with E-state index < -0.39 is 5.60 Å². The number of ether oxygens (including phenoxy) is 1. The van der Waals surface area contributed by atoms with Crippen LogP contribution in [-0.4, -0.2) is 48.7 Å². The number of aliphatic hydroxyl groups excluding tert-OH is 1. The van der Waals surface area contributed by atoms with Crippen molar-refractivity contribution >= 4 is 0 Å². The Kier molecular flexibility index (Phi) is 7.96. The van der Waals surface area contributed by atoms with Gasteiger partial charge >= 0.3 is 0 Å². The standard InChI is InChI=1S/C11H25NO3/c1-10(2)11(3,14)9-12-5-4-7-15-8-6-13/h10,12-14H,4-9H2,1-3H3. The molecule has 0 aromatic rings. The molecular formula is C11H25NO3. The second kappa shape index (κ2) is 8.05. The average molecular weight is 219 g/mol. The molecule has 0 amide bonds. The van der Waals surface area contributed by atoms with Crippen LogP contribution in [0.2, 0.25) is 0 Å². The highest BCUT2D eigenvalue weighted by Crippen LogP contribution is 2.14. The van der Waals surface area contributed by atoms with E-state index in [-0.39, 0.29) is 12.5 Å². The quantitative estimate of drug-likeness (QED) is 0.491. The normalized spacial score (nSPS) is 15.6. The summed E-state index contributed by atoms with van der Waals surface area (Å²) >= 11 is 0. The monoisotopic (exact) mass is 219 g/mol. The van der Waals surface area contributed by atoms with Gasteiger partial charge in [-0.3, -0.25) is 0 Å². The van der Waals surface area contributed by atoms with Gasteiger partial charge in [0, 0.05) is 13.2 Å². The maximum Gasteiger partial charge on any atom is 0.0766 e. The summed E-state index contributed by atoms with van der Waals surface area (Å²) in [5, 5.41) is 21.6. The van der Waals surface area contributed by atoms with Crippen LogP contribution in [0, 0.1) is 5.92 Å². The molecule has 0 aliphatic rings. The fraction of sp³-hybridized carbons (Fsp3) is 1.00. The van der Waals surface area contributed by atoms with Gasteiger partial charge in [-0.15, -0.1) is 0 Å². The summed E-state index contributed by atoms with van der Waals surface area (Å²) < 4.78 is 5.11. The van der Waals surface area contributed by atoms with Crippen molar-refractivity contribution in [3.63, 3.8) is 0 Å². The van der Waals surface area contributed by atoms with Crippen molar-refractivity contribution < 1.29 is 14.9 Å². The summed E-state index contributed by atoms with van der Waals surface area (Å²) in [6.07, 6.45) is 0.897. The van der Waals surface area contributed by atoms with Gasteiger partial charge < -0.3 is 20.3 Å². The van der Waals surface area contributed by atoms with Crippen molar-refractivity contribution in [1.29, 1.82) is 0 Å². The predicted octanol–water partition coefficient (Wildman–Crippen LogP) is 0.382. The lowest BCUT2D eigenvalue weighted by molar-refractivity contribution is 0.0137. The third-order valence-corrected chi connectivity index (χ3v) is 2.60. The zero-order valence-electron chi connectivity index (χ0n) is 10.1. The third-order valence-electron chi connectivity index (χ3n) is 2.60. The number of hydrogen-bond acceptors (Lipinski definition) is 4. The maximum absolute atomic E-state index is 9.91. The Hall–Kier alpha value is -0.160. The summed E-state index contributed by atoms with van der Waals surface area (Å²) in [6.45, 7) is 8.42. The van der Waals surface area contributed by atoms with Gasteiger partial charge in [0.05, 0.1) is 18.8 Å². The Labute approximate surface area is 92.6 Å². The van der Waals surface area contributed by atoms with Crippen LogP contribution in [0.5, 0.6) is 0 Å². The average Bonchev–Trinajstić information content (AvgIpc) is 2.16. The summed E-state index contributed by atoms with van der Waals surface area (Å²) in [5.41, 5.74) is -0.647. The highest BCUT2D eigenvalue weighted by molar-refractivity contribution is 4.78. The number of hydrogen-bond donors (Lipinski definition) is 3. The Morgan fingerprint density at radius 2 is 2.00 bits per heavy atom. The summed E-state index contributed by atoms with van der Waals surface area (Å²) in [5.74, 6) is 0.246. The Balaban J connectivity index is 3.31. The lowest BCUT2D eigenvalue weighted by Crippen LogP contribution is -2.42. The van der Waals surface area contributed by atoms with Crippen molar-refractivity contribution in [2.24, 2.45) is 5.92 Å². The molecule has 0 radical (unpaired) electrons. The first-order valence-electron chi connectivity index (χ1n) is 5.62. The molecule has 4 heteroatoms. The lowest BCUT2D eigenvalue weighted by atomic mass is 9.92. The van der Waals surface area contributed by atoms with E-state index in [1.165, 1.54) is 0 Å². The molecule has 0 bridgehead atoms. The molecule has 0 spiro atoms. The highest BCUT2D eigenvalue weighted by atomic mass is 16.5. The molecule has 1 atom stereocenters. The fourth-order valence-corrected chi connectivity index (χ4v) is 1.01. The van der Waals surface area contributed by atoms with Crippen molar-refractivity contribution in [2.45, 2.75) is 32.8 Å². The highest BCUT2D eigenvalue weighted by Gasteiger charge is 2.23. The summed E-state index contributed by atoms with van der Waals surface area (Å²) in [4.78, 5) is 0. The first-order valence-corrected chi connectivity index (χ1v) is 5.62. The molecule has 0 rings (SSSR count). The van der Waals surface area contributed by atoms with Gasteiger partial charge in [0.2, 0.25) is 0 Å². The molecule has 3 N–H and O–H groups in total. The molecular weight excluding hydrogens is 194 g/mol. The lowest BCUT2D eigenvalue weighted by Gasteiger charge is -2.27. The van der Waals surface area contributed by atoms with E-state index in [0.29, 0.717) is 19.8 Å². The van der Waals surface area contributed by atoms with Crippen molar-refractivity contribution in [1.82, 2.24) is 5.32 Å². The van der Waals surface area contributed by atoms with Gasteiger partial charge in [-0.2, -0.15) is 0 Å². The summed E-state index contributed by atoms with van der Waals surface area (Å²) in [6, 6.07) is 0. The fourth-order valence-electron chi connectivity index (χ4n) is 1.01. The first-order chi connectivity index (χ1) is 7.00. The molecule has 0 saturated heterocycles. The zero-order valence-corrected chi connectivity index (χ0v) is 10.1. The van der Waals surface area contributed by atoms with Crippen molar-refractivity contribution in [3.05, 3.63) is 0 Å². The van der Waals surface area contributed by atoms with Crippen LogP contribution >= 0.6 is 0 Å². The largest absolute Gasteiger partial charge is 0.394 e. The smallest absolute Gasteiger partial charge is 0.0766 e. The van der Waals surface area contributed by atoms with Gasteiger partial charge in [-0.05, 0) is 25.8 Å². The number of nitrogens with one attached hydrogen (secondary N) is 1. The predicted molar refractivity (Wildman–Crippen MR) is 60.9 cm³/mol. The minimum Gasteiger partial charge on any atom is -0.394 e. The van der Waals surface area contributed by atoms with Crippen molar-refractivity contribution in [2.75, 3.05) is 32.9 Å². The molecule has 0 fully saturated rings. The molecule has 4 nitrogen and oxygen atoms in total. The Morgan fingerprint density at radius 1 is 1.33 bits per heavy atom. The van der Waals surface area contributed by atoms with Gasteiger partial charge in [-0.25, -0.2) is 0 Å². The first kappa shape index (κ1) is 14.8. The number of aliphatic hydroxyl groups is 2. The molecule has 1 unspecified atom stereocenters. The minimum atomic E-state index is -0.647. The van der Waals surface area contributed by atoms with Gasteiger partial charge in [0.1, 0.15) is 0 Å². The van der Waals surface area contributed by atoms with E-state index in [4.69, 9.17) is 9.84 Å². The Morgan fingerprint density at radius 3 is 2.53 bits per heavy atom. The van der Waals surface area contributed by atoms with Crippen LogP contribution in [0.4, 0.5) is 0 Å².